The predicted octanol–water partition coefficient (Wildman–Crippen LogP) is 2.69. The molecule has 9 nitrogen and oxygen atoms in total. The van der Waals surface area contributed by atoms with Crippen LogP contribution in [0, 0.1) is 5.82 Å². The molecule has 0 aliphatic heterocycles. The summed E-state index contributed by atoms with van der Waals surface area (Å²) in [4.78, 5) is 33.0. The molecular formula is C20H15FN8O. The van der Waals surface area contributed by atoms with E-state index in [0.717, 1.165) is 0 Å². The van der Waals surface area contributed by atoms with Gasteiger partial charge >= 0.3 is 0 Å². The second-order valence-electron chi connectivity index (χ2n) is 6.46. The van der Waals surface area contributed by atoms with Gasteiger partial charge in [0.05, 0.1) is 24.1 Å². The van der Waals surface area contributed by atoms with Crippen molar-refractivity contribution >= 4 is 33.6 Å². The molecule has 0 fully saturated rings. The highest BCUT2D eigenvalue weighted by atomic mass is 19.1. The molecule has 5 aromatic rings. The number of imidazole rings is 1. The van der Waals surface area contributed by atoms with E-state index in [2.05, 4.69) is 35.7 Å². The Morgan fingerprint density at radius 2 is 1.90 bits per heavy atom. The molecule has 0 aliphatic rings. The van der Waals surface area contributed by atoms with Gasteiger partial charge in [-0.2, -0.15) is 0 Å². The maximum absolute atomic E-state index is 14.4. The van der Waals surface area contributed by atoms with Gasteiger partial charge in [-0.15, -0.1) is 0 Å². The summed E-state index contributed by atoms with van der Waals surface area (Å²) in [5, 5.41) is 3.06. The van der Waals surface area contributed by atoms with E-state index in [1.54, 1.807) is 18.2 Å². The van der Waals surface area contributed by atoms with Gasteiger partial charge in [0, 0.05) is 0 Å². The van der Waals surface area contributed by atoms with Crippen LogP contribution in [-0.2, 0) is 6.54 Å². The van der Waals surface area contributed by atoms with E-state index in [1.807, 2.05) is 18.2 Å². The van der Waals surface area contributed by atoms with Crippen LogP contribution < -0.4 is 16.3 Å². The van der Waals surface area contributed by atoms with Gasteiger partial charge in [0.15, 0.2) is 17.3 Å². The van der Waals surface area contributed by atoms with Crippen LogP contribution in [0.25, 0.3) is 22.1 Å². The van der Waals surface area contributed by atoms with E-state index in [-0.39, 0.29) is 17.4 Å². The highest BCUT2D eigenvalue weighted by molar-refractivity contribution is 5.82. The van der Waals surface area contributed by atoms with Crippen LogP contribution in [0.1, 0.15) is 5.82 Å². The number of hydrogen-bond donors (Lipinski definition) is 3. The zero-order chi connectivity index (χ0) is 20.5. The third-order valence-corrected chi connectivity index (χ3v) is 4.57. The average molecular weight is 402 g/mol. The first-order valence-electron chi connectivity index (χ1n) is 9.11. The second kappa shape index (κ2) is 7.24. The highest BCUT2D eigenvalue weighted by Crippen LogP contribution is 2.17. The van der Waals surface area contributed by atoms with Crippen molar-refractivity contribution in [3.05, 3.63) is 83.2 Å². The fraction of sp³-hybridized carbons (Fsp3) is 0.0500. The molecule has 3 aromatic heterocycles. The van der Waals surface area contributed by atoms with E-state index in [4.69, 9.17) is 0 Å². The fourth-order valence-electron chi connectivity index (χ4n) is 3.17. The number of aromatic amines is 1. The number of hydrogen-bond acceptors (Lipinski definition) is 7. The molecule has 148 valence electrons. The zero-order valence-electron chi connectivity index (χ0n) is 15.5. The largest absolute Gasteiger partial charge is 0.361 e. The first-order valence-corrected chi connectivity index (χ1v) is 9.11. The zero-order valence-corrected chi connectivity index (χ0v) is 15.5. The third-order valence-electron chi connectivity index (χ3n) is 4.57. The molecule has 0 amide bonds. The van der Waals surface area contributed by atoms with Gasteiger partial charge in [0.2, 0.25) is 0 Å². The van der Waals surface area contributed by atoms with Gasteiger partial charge in [0.25, 0.3) is 5.56 Å². The lowest BCUT2D eigenvalue weighted by atomic mass is 10.2. The van der Waals surface area contributed by atoms with E-state index in [1.165, 1.54) is 29.5 Å². The first kappa shape index (κ1) is 17.7. The molecule has 0 saturated heterocycles. The Morgan fingerprint density at radius 1 is 1.03 bits per heavy atom. The minimum atomic E-state index is -0.622. The lowest BCUT2D eigenvalue weighted by molar-refractivity contribution is 0.635. The van der Waals surface area contributed by atoms with Crippen molar-refractivity contribution in [1.29, 1.82) is 0 Å². The van der Waals surface area contributed by atoms with Gasteiger partial charge in [-0.25, -0.2) is 29.0 Å². The normalized spacial score (nSPS) is 11.1. The lowest BCUT2D eigenvalue weighted by Gasteiger charge is -2.16. The molecule has 0 spiro atoms. The van der Waals surface area contributed by atoms with Crippen molar-refractivity contribution in [3.63, 3.8) is 0 Å². The molecule has 10 heteroatoms. The van der Waals surface area contributed by atoms with Crippen molar-refractivity contribution in [2.24, 2.45) is 0 Å². The molecule has 0 saturated carbocycles. The minimum absolute atomic E-state index is 0.0809. The van der Waals surface area contributed by atoms with Crippen molar-refractivity contribution in [2.45, 2.75) is 6.54 Å². The Hall–Kier alpha value is -4.34. The number of H-pyrrole nitrogens is 1. The average Bonchev–Trinajstić information content (AvgIpc) is 3.25. The van der Waals surface area contributed by atoms with Crippen LogP contribution >= 0.6 is 0 Å². The third kappa shape index (κ3) is 3.09. The summed E-state index contributed by atoms with van der Waals surface area (Å²) in [5.41, 5.74) is 4.56. The number of anilines is 2. The first-order chi connectivity index (χ1) is 14.7. The monoisotopic (exact) mass is 402 g/mol. The summed E-state index contributed by atoms with van der Waals surface area (Å²) >= 11 is 0. The molecule has 0 unspecified atom stereocenters. The van der Waals surface area contributed by atoms with E-state index >= 15 is 0 Å². The minimum Gasteiger partial charge on any atom is -0.361 e. The quantitative estimate of drug-likeness (QED) is 0.414. The summed E-state index contributed by atoms with van der Waals surface area (Å²) in [6.07, 6.45) is 2.92. The van der Waals surface area contributed by atoms with Crippen molar-refractivity contribution in [1.82, 2.24) is 29.6 Å². The second-order valence-corrected chi connectivity index (χ2v) is 6.46. The molecule has 5 rings (SSSR count). The molecule has 3 heterocycles. The van der Waals surface area contributed by atoms with Crippen molar-refractivity contribution < 1.29 is 4.39 Å². The fourth-order valence-corrected chi connectivity index (χ4v) is 3.17. The van der Waals surface area contributed by atoms with Crippen LogP contribution in [0.5, 0.6) is 0 Å². The summed E-state index contributed by atoms with van der Waals surface area (Å²) < 4.78 is 15.6. The van der Waals surface area contributed by atoms with Crippen LogP contribution in [0.3, 0.4) is 0 Å². The molecule has 3 N–H and O–H groups in total. The van der Waals surface area contributed by atoms with Gasteiger partial charge in [0.1, 0.15) is 23.0 Å². The summed E-state index contributed by atoms with van der Waals surface area (Å²) in [6, 6.07) is 13.5. The summed E-state index contributed by atoms with van der Waals surface area (Å²) in [5.74, 6) is 0.244. The SMILES string of the molecule is O=c1c2c(F)cccc2nc(CNc2ncnc3nc[nH]c23)n1Nc1ccccc1. The Labute approximate surface area is 168 Å². The molecular weight excluding hydrogens is 387 g/mol. The Morgan fingerprint density at radius 3 is 2.77 bits per heavy atom. The Kier molecular flexibility index (Phi) is 4.28. The van der Waals surface area contributed by atoms with Crippen LogP contribution in [0.4, 0.5) is 15.9 Å². The summed E-state index contributed by atoms with van der Waals surface area (Å²) in [6.45, 7) is 0.145. The smallest absolute Gasteiger partial charge is 0.283 e. The van der Waals surface area contributed by atoms with Crippen molar-refractivity contribution in [3.8, 4) is 0 Å². The van der Waals surface area contributed by atoms with E-state index in [0.29, 0.717) is 28.5 Å². The maximum Gasteiger partial charge on any atom is 0.283 e. The van der Waals surface area contributed by atoms with E-state index < -0.39 is 11.4 Å². The molecule has 0 bridgehead atoms. The number of nitrogens with one attached hydrogen (secondary N) is 3. The van der Waals surface area contributed by atoms with Gasteiger partial charge in [-0.05, 0) is 24.3 Å². The maximum atomic E-state index is 14.4. The predicted molar refractivity (Wildman–Crippen MR) is 110 cm³/mol. The lowest BCUT2D eigenvalue weighted by Crippen LogP contribution is -2.32. The van der Waals surface area contributed by atoms with Gasteiger partial charge < -0.3 is 10.3 Å². The van der Waals surface area contributed by atoms with Crippen molar-refractivity contribution in [2.75, 3.05) is 10.7 Å². The van der Waals surface area contributed by atoms with Gasteiger partial charge in [-0.3, -0.25) is 10.2 Å². The Bertz CT molecular complexity index is 1410. The number of benzene rings is 2. The van der Waals surface area contributed by atoms with Crippen LogP contribution in [0.2, 0.25) is 0 Å². The number of aromatic nitrogens is 6. The van der Waals surface area contributed by atoms with Crippen LogP contribution in [0.15, 0.2) is 66.0 Å². The highest BCUT2D eigenvalue weighted by Gasteiger charge is 2.15. The number of rotatable bonds is 5. The Balaban J connectivity index is 1.59. The standard InChI is InChI=1S/C20H15FN8O/c21-13-7-4-8-14-16(13)20(30)29(28-12-5-2-1-3-6-12)15(27-14)9-22-18-17-19(24-10-23-17)26-11-25-18/h1-8,10-11,28H,9H2,(H2,22,23,24,25,26). The molecule has 0 radical (unpaired) electrons. The number of nitrogens with zero attached hydrogens (tertiary/aromatic N) is 5. The number of para-hydroxylation sites is 1. The topological polar surface area (TPSA) is 113 Å². The number of fused-ring (bicyclic) bond motifs is 2. The number of halogens is 1. The summed E-state index contributed by atoms with van der Waals surface area (Å²) in [7, 11) is 0. The molecule has 0 aliphatic carbocycles. The molecule has 2 aromatic carbocycles. The molecule has 30 heavy (non-hydrogen) atoms. The van der Waals surface area contributed by atoms with E-state index in [9.17, 15) is 9.18 Å². The van der Waals surface area contributed by atoms with Gasteiger partial charge in [-0.1, -0.05) is 24.3 Å². The van der Waals surface area contributed by atoms with Crippen LogP contribution in [-0.4, -0.2) is 29.6 Å². The molecule has 0 atom stereocenters.